The first-order chi connectivity index (χ1) is 6.65. The maximum Gasteiger partial charge on any atom is 0.150 e. The van der Waals surface area contributed by atoms with Gasteiger partial charge in [0.25, 0.3) is 0 Å². The molecule has 0 heterocycles. The maximum atomic E-state index is 10.3. The molecular formula is C11H18N2O. The van der Waals surface area contributed by atoms with Gasteiger partial charge in [0.1, 0.15) is 6.29 Å². The van der Waals surface area contributed by atoms with Crippen LogP contribution >= 0.6 is 0 Å². The van der Waals surface area contributed by atoms with E-state index in [1.807, 2.05) is 57.4 Å². The molecule has 0 atom stereocenters. The Kier molecular flexibility index (Phi) is 6.41. The topological polar surface area (TPSA) is 32.3 Å². The zero-order chi connectivity index (χ0) is 11.0. The smallest absolute Gasteiger partial charge is 0.150 e. The number of rotatable bonds is 2. The van der Waals surface area contributed by atoms with Crippen LogP contribution in [0.1, 0.15) is 10.4 Å². The molecule has 3 heteroatoms. The van der Waals surface area contributed by atoms with Crippen LogP contribution in [0, 0.1) is 0 Å². The lowest BCUT2D eigenvalue weighted by molar-refractivity contribution is 0.112. The number of benzene rings is 1. The van der Waals surface area contributed by atoms with Crippen molar-refractivity contribution in [3.63, 3.8) is 0 Å². The Hall–Kier alpha value is -1.35. The average molecular weight is 194 g/mol. The first-order valence-electron chi connectivity index (χ1n) is 4.46. The SMILES string of the molecule is CN(C)c1ccc(C=O)cc1.CNC. The van der Waals surface area contributed by atoms with Gasteiger partial charge in [0.05, 0.1) is 0 Å². The van der Waals surface area contributed by atoms with Gasteiger partial charge in [0.2, 0.25) is 0 Å². The van der Waals surface area contributed by atoms with E-state index in [2.05, 4.69) is 5.32 Å². The van der Waals surface area contributed by atoms with Gasteiger partial charge in [0.15, 0.2) is 0 Å². The summed E-state index contributed by atoms with van der Waals surface area (Å²) in [7, 11) is 7.69. The molecule has 3 nitrogen and oxygen atoms in total. The highest BCUT2D eigenvalue weighted by molar-refractivity contribution is 5.75. The van der Waals surface area contributed by atoms with Gasteiger partial charge < -0.3 is 10.2 Å². The van der Waals surface area contributed by atoms with Crippen LogP contribution < -0.4 is 10.2 Å². The first-order valence-corrected chi connectivity index (χ1v) is 4.46. The number of hydrogen-bond donors (Lipinski definition) is 1. The summed E-state index contributed by atoms with van der Waals surface area (Å²) in [6, 6.07) is 7.46. The number of anilines is 1. The van der Waals surface area contributed by atoms with Crippen LogP contribution in [0.3, 0.4) is 0 Å². The predicted molar refractivity (Wildman–Crippen MR) is 61.1 cm³/mol. The van der Waals surface area contributed by atoms with E-state index in [-0.39, 0.29) is 0 Å². The van der Waals surface area contributed by atoms with E-state index in [4.69, 9.17) is 0 Å². The van der Waals surface area contributed by atoms with Gasteiger partial charge >= 0.3 is 0 Å². The Bertz CT molecular complexity index is 254. The van der Waals surface area contributed by atoms with Crippen molar-refractivity contribution in [1.82, 2.24) is 5.32 Å². The summed E-state index contributed by atoms with van der Waals surface area (Å²) in [6.45, 7) is 0. The Morgan fingerprint density at radius 2 is 1.57 bits per heavy atom. The normalized spacial score (nSPS) is 8.57. The Morgan fingerprint density at radius 3 is 1.86 bits per heavy atom. The van der Waals surface area contributed by atoms with Crippen LogP contribution in [0.2, 0.25) is 0 Å². The molecule has 0 fully saturated rings. The van der Waals surface area contributed by atoms with Crippen molar-refractivity contribution >= 4 is 12.0 Å². The summed E-state index contributed by atoms with van der Waals surface area (Å²) in [4.78, 5) is 12.3. The Balaban J connectivity index is 0.000000500. The lowest BCUT2D eigenvalue weighted by Gasteiger charge is -2.11. The van der Waals surface area contributed by atoms with Crippen molar-refractivity contribution in [1.29, 1.82) is 0 Å². The van der Waals surface area contributed by atoms with E-state index in [0.717, 1.165) is 17.5 Å². The minimum absolute atomic E-state index is 0.718. The molecule has 0 aliphatic heterocycles. The third-order valence-electron chi connectivity index (χ3n) is 1.55. The summed E-state index contributed by atoms with van der Waals surface area (Å²) >= 11 is 0. The largest absolute Gasteiger partial charge is 0.378 e. The third kappa shape index (κ3) is 4.62. The Morgan fingerprint density at radius 1 is 1.14 bits per heavy atom. The second-order valence-electron chi connectivity index (χ2n) is 3.10. The van der Waals surface area contributed by atoms with Crippen molar-refractivity contribution in [2.75, 3.05) is 33.1 Å². The maximum absolute atomic E-state index is 10.3. The molecule has 1 N–H and O–H groups in total. The van der Waals surface area contributed by atoms with E-state index in [1.165, 1.54) is 0 Å². The molecule has 14 heavy (non-hydrogen) atoms. The zero-order valence-electron chi connectivity index (χ0n) is 9.24. The van der Waals surface area contributed by atoms with Crippen molar-refractivity contribution in [2.45, 2.75) is 0 Å². The van der Waals surface area contributed by atoms with E-state index in [1.54, 1.807) is 0 Å². The van der Waals surface area contributed by atoms with Gasteiger partial charge in [-0.2, -0.15) is 0 Å². The first kappa shape index (κ1) is 12.7. The van der Waals surface area contributed by atoms with E-state index < -0.39 is 0 Å². The van der Waals surface area contributed by atoms with Crippen LogP contribution in [0.25, 0.3) is 0 Å². The molecular weight excluding hydrogens is 176 g/mol. The second-order valence-corrected chi connectivity index (χ2v) is 3.10. The zero-order valence-corrected chi connectivity index (χ0v) is 9.24. The van der Waals surface area contributed by atoms with Gasteiger partial charge in [-0.3, -0.25) is 4.79 Å². The fraction of sp³-hybridized carbons (Fsp3) is 0.364. The molecule has 0 aromatic heterocycles. The molecule has 0 saturated carbocycles. The molecule has 0 radical (unpaired) electrons. The lowest BCUT2D eigenvalue weighted by Crippen LogP contribution is -2.08. The number of hydrogen-bond acceptors (Lipinski definition) is 3. The average Bonchev–Trinajstić information content (AvgIpc) is 2.19. The highest BCUT2D eigenvalue weighted by Gasteiger charge is 1.93. The molecule has 0 aliphatic rings. The van der Waals surface area contributed by atoms with Crippen LogP contribution in [0.5, 0.6) is 0 Å². The second kappa shape index (κ2) is 7.09. The number of aldehydes is 1. The summed E-state index contributed by atoms with van der Waals surface area (Å²) in [5, 5.41) is 2.75. The molecule has 0 aliphatic carbocycles. The summed E-state index contributed by atoms with van der Waals surface area (Å²) in [6.07, 6.45) is 0.847. The van der Waals surface area contributed by atoms with E-state index >= 15 is 0 Å². The highest BCUT2D eigenvalue weighted by Crippen LogP contribution is 2.10. The number of carbonyl (C=O) groups is 1. The molecule has 0 bridgehead atoms. The van der Waals surface area contributed by atoms with Gasteiger partial charge in [0, 0.05) is 25.3 Å². The summed E-state index contributed by atoms with van der Waals surface area (Å²) < 4.78 is 0. The predicted octanol–water partition coefficient (Wildman–Crippen LogP) is 1.40. The quantitative estimate of drug-likeness (QED) is 0.722. The Labute approximate surface area is 85.7 Å². The number of nitrogens with one attached hydrogen (secondary N) is 1. The minimum atomic E-state index is 0.718. The number of nitrogens with zero attached hydrogens (tertiary/aromatic N) is 1. The summed E-state index contributed by atoms with van der Waals surface area (Å²) in [5.74, 6) is 0. The molecule has 1 aromatic carbocycles. The lowest BCUT2D eigenvalue weighted by atomic mass is 10.2. The summed E-state index contributed by atoms with van der Waals surface area (Å²) in [5.41, 5.74) is 1.83. The fourth-order valence-corrected chi connectivity index (χ4v) is 0.851. The van der Waals surface area contributed by atoms with E-state index in [9.17, 15) is 4.79 Å². The van der Waals surface area contributed by atoms with Crippen LogP contribution in [-0.2, 0) is 0 Å². The van der Waals surface area contributed by atoms with Crippen molar-refractivity contribution in [3.05, 3.63) is 29.8 Å². The van der Waals surface area contributed by atoms with E-state index in [0.29, 0.717) is 0 Å². The third-order valence-corrected chi connectivity index (χ3v) is 1.55. The van der Waals surface area contributed by atoms with Gasteiger partial charge in [-0.15, -0.1) is 0 Å². The highest BCUT2D eigenvalue weighted by atomic mass is 16.1. The standard InChI is InChI=1S/C9H11NO.C2H7N/c1-10(2)9-5-3-8(7-11)4-6-9;1-3-2/h3-7H,1-2H3;3H,1-2H3. The van der Waals surface area contributed by atoms with Crippen LogP contribution in [-0.4, -0.2) is 34.5 Å². The molecule has 0 spiro atoms. The van der Waals surface area contributed by atoms with Crippen LogP contribution in [0.15, 0.2) is 24.3 Å². The minimum Gasteiger partial charge on any atom is -0.378 e. The van der Waals surface area contributed by atoms with Crippen LogP contribution in [0.4, 0.5) is 5.69 Å². The van der Waals surface area contributed by atoms with Crippen molar-refractivity contribution in [3.8, 4) is 0 Å². The molecule has 0 unspecified atom stereocenters. The molecule has 78 valence electrons. The van der Waals surface area contributed by atoms with Gasteiger partial charge in [-0.25, -0.2) is 0 Å². The molecule has 0 saturated heterocycles. The monoisotopic (exact) mass is 194 g/mol. The molecule has 0 amide bonds. The molecule has 1 aromatic rings. The molecule has 1 rings (SSSR count). The van der Waals surface area contributed by atoms with Gasteiger partial charge in [-0.05, 0) is 38.4 Å². The van der Waals surface area contributed by atoms with Gasteiger partial charge in [-0.1, -0.05) is 0 Å². The fourth-order valence-electron chi connectivity index (χ4n) is 0.851. The van der Waals surface area contributed by atoms with Crippen molar-refractivity contribution < 1.29 is 4.79 Å². The number of carbonyl (C=O) groups excluding carboxylic acids is 1. The van der Waals surface area contributed by atoms with Crippen molar-refractivity contribution in [2.24, 2.45) is 0 Å².